The van der Waals surface area contributed by atoms with E-state index in [1.807, 2.05) is 62.4 Å². The molecule has 2 aromatic rings. The molecule has 0 saturated carbocycles. The van der Waals surface area contributed by atoms with Crippen LogP contribution in [0.25, 0.3) is 0 Å². The van der Waals surface area contributed by atoms with Gasteiger partial charge in [-0.05, 0) is 51.0 Å². The summed E-state index contributed by atoms with van der Waals surface area (Å²) in [6.07, 6.45) is 3.85. The van der Waals surface area contributed by atoms with E-state index in [2.05, 4.69) is 10.6 Å². The zero-order chi connectivity index (χ0) is 25.3. The van der Waals surface area contributed by atoms with Gasteiger partial charge >= 0.3 is 0 Å². The Labute approximate surface area is 212 Å². The van der Waals surface area contributed by atoms with E-state index >= 15 is 0 Å². The van der Waals surface area contributed by atoms with Crippen LogP contribution in [-0.4, -0.2) is 49.3 Å². The number of fused-ring (bicyclic) bond motifs is 2. The second-order valence-corrected chi connectivity index (χ2v) is 9.45. The Balaban J connectivity index is 1.05. The van der Waals surface area contributed by atoms with Crippen molar-refractivity contribution in [2.45, 2.75) is 76.7 Å². The summed E-state index contributed by atoms with van der Waals surface area (Å²) in [5, 5.41) is 6.04. The minimum Gasteiger partial charge on any atom is -0.486 e. The van der Waals surface area contributed by atoms with Gasteiger partial charge in [-0.1, -0.05) is 37.1 Å². The molecule has 0 aliphatic carbocycles. The topological polar surface area (TPSA) is 95.1 Å². The van der Waals surface area contributed by atoms with E-state index in [9.17, 15) is 9.59 Å². The maximum Gasteiger partial charge on any atom is 0.220 e. The first-order valence-electron chi connectivity index (χ1n) is 12.9. The summed E-state index contributed by atoms with van der Waals surface area (Å²) in [5.41, 5.74) is 0. The smallest absolute Gasteiger partial charge is 0.220 e. The van der Waals surface area contributed by atoms with Crippen LogP contribution < -0.4 is 29.6 Å². The van der Waals surface area contributed by atoms with Crippen LogP contribution in [0.2, 0.25) is 0 Å². The summed E-state index contributed by atoms with van der Waals surface area (Å²) in [5.74, 6) is 2.90. The van der Waals surface area contributed by atoms with Crippen molar-refractivity contribution < 1.29 is 28.5 Å². The van der Waals surface area contributed by atoms with Gasteiger partial charge in [-0.2, -0.15) is 0 Å². The fourth-order valence-electron chi connectivity index (χ4n) is 4.33. The zero-order valence-corrected chi connectivity index (χ0v) is 21.0. The molecule has 0 bridgehead atoms. The summed E-state index contributed by atoms with van der Waals surface area (Å²) in [6.45, 7) is 4.68. The van der Waals surface area contributed by atoms with Crippen LogP contribution in [0.1, 0.15) is 52.4 Å². The third-order valence-corrected chi connectivity index (χ3v) is 6.51. The van der Waals surface area contributed by atoms with Gasteiger partial charge in [0.2, 0.25) is 11.8 Å². The highest BCUT2D eigenvalue weighted by Gasteiger charge is 2.28. The predicted octanol–water partition coefficient (Wildman–Crippen LogP) is 4.02. The van der Waals surface area contributed by atoms with Crippen molar-refractivity contribution in [3.05, 3.63) is 48.5 Å². The van der Waals surface area contributed by atoms with Gasteiger partial charge in [0, 0.05) is 12.8 Å². The maximum absolute atomic E-state index is 12.3. The number of para-hydroxylation sites is 4. The fraction of sp³-hybridized carbons (Fsp3) is 0.500. The predicted molar refractivity (Wildman–Crippen MR) is 136 cm³/mol. The molecule has 8 nitrogen and oxygen atoms in total. The number of ether oxygens (including phenoxy) is 4. The van der Waals surface area contributed by atoms with Crippen LogP contribution >= 0.6 is 0 Å². The first-order chi connectivity index (χ1) is 17.5. The lowest BCUT2D eigenvalue weighted by Crippen LogP contribution is -2.48. The molecule has 0 radical (unpaired) electrons. The summed E-state index contributed by atoms with van der Waals surface area (Å²) in [7, 11) is 0. The van der Waals surface area contributed by atoms with E-state index in [1.54, 1.807) is 0 Å². The lowest BCUT2D eigenvalue weighted by Gasteiger charge is -2.30. The average Bonchev–Trinajstić information content (AvgIpc) is 2.90. The van der Waals surface area contributed by atoms with Gasteiger partial charge in [0.05, 0.1) is 12.1 Å². The quantitative estimate of drug-likeness (QED) is 0.457. The van der Waals surface area contributed by atoms with Gasteiger partial charge in [-0.15, -0.1) is 0 Å². The lowest BCUT2D eigenvalue weighted by molar-refractivity contribution is -0.123. The van der Waals surface area contributed by atoms with Crippen molar-refractivity contribution in [2.24, 2.45) is 0 Å². The number of hydrogen-bond donors (Lipinski definition) is 2. The molecule has 0 saturated heterocycles. The normalized spacial score (nSPS) is 19.6. The van der Waals surface area contributed by atoms with Crippen LogP contribution in [0.5, 0.6) is 23.0 Å². The van der Waals surface area contributed by atoms with Gasteiger partial charge in [0.1, 0.15) is 13.2 Å². The Morgan fingerprint density at radius 3 is 1.50 bits per heavy atom. The molecule has 2 N–H and O–H groups in total. The molecule has 0 fully saturated rings. The number of benzene rings is 2. The molecule has 0 unspecified atom stereocenters. The maximum atomic E-state index is 12.3. The Morgan fingerprint density at radius 1 is 0.694 bits per heavy atom. The summed E-state index contributed by atoms with van der Waals surface area (Å²) >= 11 is 0. The van der Waals surface area contributed by atoms with E-state index in [1.165, 1.54) is 0 Å². The van der Waals surface area contributed by atoms with E-state index in [0.717, 1.165) is 37.2 Å². The number of hydrogen-bond acceptors (Lipinski definition) is 6. The van der Waals surface area contributed by atoms with E-state index in [-0.39, 0.29) is 36.1 Å². The molecular formula is C28H36N2O6. The summed E-state index contributed by atoms with van der Waals surface area (Å²) < 4.78 is 23.4. The molecule has 2 aromatic carbocycles. The molecule has 2 aliphatic heterocycles. The highest BCUT2D eigenvalue weighted by Crippen LogP contribution is 2.32. The SMILES string of the molecule is C[C@@H](NC(=O)CCCCCCC(=O)N[C@H](C)[C@@H]1COc2ccccc2O1)[C@@H]1COc2ccccc2O1. The van der Waals surface area contributed by atoms with Crippen LogP contribution in [0.3, 0.4) is 0 Å². The minimum absolute atomic E-state index is 0.00722. The van der Waals surface area contributed by atoms with E-state index < -0.39 is 0 Å². The molecule has 8 heteroatoms. The van der Waals surface area contributed by atoms with Crippen molar-refractivity contribution in [1.29, 1.82) is 0 Å². The molecule has 4 atom stereocenters. The molecule has 4 rings (SSSR count). The van der Waals surface area contributed by atoms with Gasteiger partial charge in [0.15, 0.2) is 35.2 Å². The van der Waals surface area contributed by atoms with Crippen LogP contribution in [-0.2, 0) is 9.59 Å². The number of unbranched alkanes of at least 4 members (excludes halogenated alkanes) is 3. The molecular weight excluding hydrogens is 460 g/mol. The number of nitrogens with one attached hydrogen (secondary N) is 2. The summed E-state index contributed by atoms with van der Waals surface area (Å²) in [6, 6.07) is 14.8. The van der Waals surface area contributed by atoms with Crippen molar-refractivity contribution in [2.75, 3.05) is 13.2 Å². The number of carbonyl (C=O) groups excluding carboxylic acids is 2. The monoisotopic (exact) mass is 496 g/mol. The third-order valence-electron chi connectivity index (χ3n) is 6.51. The van der Waals surface area contributed by atoms with Crippen molar-refractivity contribution in [3.8, 4) is 23.0 Å². The molecule has 0 spiro atoms. The molecule has 2 amide bonds. The molecule has 2 heterocycles. The zero-order valence-electron chi connectivity index (χ0n) is 21.0. The lowest BCUT2D eigenvalue weighted by atomic mass is 10.1. The standard InChI is InChI=1S/C28H36N2O6/c1-19(25-17-33-21-11-7-9-13-23(21)35-25)29-27(31)15-5-3-4-6-16-28(32)30-20(2)26-18-34-22-12-8-10-14-24(22)36-26/h7-14,19-20,25-26H,3-6,15-18H2,1-2H3,(H,29,31)(H,30,32)/t19-,20-,25+,26+/m1/s1. The molecule has 194 valence electrons. The van der Waals surface area contributed by atoms with Crippen LogP contribution in [0.15, 0.2) is 48.5 Å². The van der Waals surface area contributed by atoms with Gasteiger partial charge in [-0.3, -0.25) is 9.59 Å². The second kappa shape index (κ2) is 12.5. The highest BCUT2D eigenvalue weighted by molar-refractivity contribution is 5.76. The van der Waals surface area contributed by atoms with Gasteiger partial charge in [-0.25, -0.2) is 0 Å². The first-order valence-corrected chi connectivity index (χ1v) is 12.9. The number of amides is 2. The molecule has 36 heavy (non-hydrogen) atoms. The Bertz CT molecular complexity index is 947. The van der Waals surface area contributed by atoms with Crippen molar-refractivity contribution in [3.63, 3.8) is 0 Å². The van der Waals surface area contributed by atoms with Crippen LogP contribution in [0.4, 0.5) is 0 Å². The second-order valence-electron chi connectivity index (χ2n) is 9.45. The Hall–Kier alpha value is -3.42. The number of carbonyl (C=O) groups is 2. The number of rotatable bonds is 11. The van der Waals surface area contributed by atoms with E-state index in [0.29, 0.717) is 37.6 Å². The van der Waals surface area contributed by atoms with E-state index in [4.69, 9.17) is 18.9 Å². The fourth-order valence-corrected chi connectivity index (χ4v) is 4.33. The summed E-state index contributed by atoms with van der Waals surface area (Å²) in [4.78, 5) is 24.7. The van der Waals surface area contributed by atoms with Crippen molar-refractivity contribution in [1.82, 2.24) is 10.6 Å². The molecule has 0 aromatic heterocycles. The van der Waals surface area contributed by atoms with Crippen LogP contribution in [0, 0.1) is 0 Å². The van der Waals surface area contributed by atoms with Gasteiger partial charge < -0.3 is 29.6 Å². The minimum atomic E-state index is -0.218. The largest absolute Gasteiger partial charge is 0.486 e. The Morgan fingerprint density at radius 2 is 1.08 bits per heavy atom. The van der Waals surface area contributed by atoms with Crippen molar-refractivity contribution >= 4 is 11.8 Å². The average molecular weight is 497 g/mol. The highest BCUT2D eigenvalue weighted by atomic mass is 16.6. The molecule has 2 aliphatic rings. The van der Waals surface area contributed by atoms with Gasteiger partial charge in [0.25, 0.3) is 0 Å². The third kappa shape index (κ3) is 7.06. The Kier molecular flexibility index (Phi) is 8.92. The first kappa shape index (κ1) is 25.7.